The summed E-state index contributed by atoms with van der Waals surface area (Å²) in [6.07, 6.45) is 7.47. The average molecular weight is 430 g/mol. The van der Waals surface area contributed by atoms with Crippen LogP contribution >= 0.6 is 12.2 Å². The van der Waals surface area contributed by atoms with E-state index in [1.807, 2.05) is 27.7 Å². The van der Waals surface area contributed by atoms with Crippen LogP contribution < -0.4 is 5.32 Å². The molecule has 3 aliphatic rings. The Kier molecular flexibility index (Phi) is 7.95. The molecule has 3 saturated heterocycles. The third-order valence-corrected chi connectivity index (χ3v) is 6.13. The van der Waals surface area contributed by atoms with Gasteiger partial charge >= 0.3 is 0 Å². The fourth-order valence-corrected chi connectivity index (χ4v) is 4.71. The third-order valence-electron chi connectivity index (χ3n) is 5.82. The van der Waals surface area contributed by atoms with Crippen molar-refractivity contribution in [1.82, 2.24) is 5.32 Å². The van der Waals surface area contributed by atoms with Crippen LogP contribution in [0.1, 0.15) is 79.6 Å². The molecule has 0 aromatic heterocycles. The van der Waals surface area contributed by atoms with E-state index in [4.69, 9.17) is 35.9 Å². The van der Waals surface area contributed by atoms with Crippen LogP contribution in [0.2, 0.25) is 0 Å². The maximum absolute atomic E-state index is 6.36. The molecule has 0 aliphatic carbocycles. The highest BCUT2D eigenvalue weighted by Crippen LogP contribution is 2.43. The number of unbranched alkanes of at least 4 members (excludes halogenated alkanes) is 5. The molecule has 0 saturated carbocycles. The van der Waals surface area contributed by atoms with Crippen LogP contribution in [0.25, 0.3) is 0 Å². The first-order chi connectivity index (χ1) is 13.7. The Morgan fingerprint density at radius 1 is 0.897 bits per heavy atom. The Morgan fingerprint density at radius 2 is 1.59 bits per heavy atom. The lowest BCUT2D eigenvalue weighted by atomic mass is 10.0. The van der Waals surface area contributed by atoms with Crippen LogP contribution in [0.3, 0.4) is 0 Å². The van der Waals surface area contributed by atoms with Gasteiger partial charge in [0, 0.05) is 13.0 Å². The number of hydrogen-bond acceptors (Lipinski definition) is 6. The Labute approximate surface area is 181 Å². The fraction of sp³-hybridized carbons (Fsp3) is 0.955. The van der Waals surface area contributed by atoms with E-state index in [9.17, 15) is 0 Å². The molecular weight excluding hydrogens is 390 g/mol. The smallest absolute Gasteiger partial charge is 0.164 e. The molecule has 5 atom stereocenters. The Bertz CT molecular complexity index is 555. The summed E-state index contributed by atoms with van der Waals surface area (Å²) in [5.41, 5.74) is 0. The molecule has 3 fully saturated rings. The number of rotatable bonds is 10. The van der Waals surface area contributed by atoms with Crippen LogP contribution in [0, 0.1) is 0 Å². The lowest BCUT2D eigenvalue weighted by Crippen LogP contribution is -2.40. The highest BCUT2D eigenvalue weighted by Gasteiger charge is 2.58. The first-order valence-corrected chi connectivity index (χ1v) is 11.7. The van der Waals surface area contributed by atoms with E-state index in [0.29, 0.717) is 13.0 Å². The summed E-state index contributed by atoms with van der Waals surface area (Å²) in [4.78, 5) is 0.834. The van der Waals surface area contributed by atoms with Crippen molar-refractivity contribution in [2.24, 2.45) is 0 Å². The van der Waals surface area contributed by atoms with Crippen LogP contribution in [0.5, 0.6) is 0 Å². The zero-order valence-electron chi connectivity index (χ0n) is 18.7. The summed E-state index contributed by atoms with van der Waals surface area (Å²) < 4.78 is 30.5. The maximum atomic E-state index is 6.36. The largest absolute Gasteiger partial charge is 0.380 e. The first kappa shape index (κ1) is 23.4. The van der Waals surface area contributed by atoms with E-state index in [2.05, 4.69) is 12.2 Å². The van der Waals surface area contributed by atoms with Gasteiger partial charge in [0.25, 0.3) is 0 Å². The van der Waals surface area contributed by atoms with Crippen molar-refractivity contribution in [3.8, 4) is 0 Å². The normalized spacial score (nSPS) is 35.0. The molecule has 0 aromatic carbocycles. The molecule has 0 aromatic rings. The standard InChI is InChI=1S/C22H39NO5S/c1-6-7-8-9-10-11-12-23-17(29)13-15-19-20(28-22(4,5)27-19)18(25-15)16-14-24-21(2,3)26-16/h15-16,18-20H,6-14H2,1-5H3,(H,23,29)/t15-,16+,18+,19+,20-/m0/s1. The molecule has 0 radical (unpaired) electrons. The Balaban J connectivity index is 1.48. The van der Waals surface area contributed by atoms with Crippen molar-refractivity contribution in [2.75, 3.05) is 13.2 Å². The third kappa shape index (κ3) is 6.34. The molecule has 3 rings (SSSR count). The molecule has 168 valence electrons. The minimum Gasteiger partial charge on any atom is -0.380 e. The van der Waals surface area contributed by atoms with Gasteiger partial charge in [0.1, 0.15) is 24.4 Å². The van der Waals surface area contributed by atoms with Crippen LogP contribution in [-0.4, -0.2) is 60.2 Å². The molecule has 29 heavy (non-hydrogen) atoms. The molecule has 3 aliphatic heterocycles. The van der Waals surface area contributed by atoms with Crippen molar-refractivity contribution in [1.29, 1.82) is 0 Å². The Morgan fingerprint density at radius 3 is 2.28 bits per heavy atom. The summed E-state index contributed by atoms with van der Waals surface area (Å²) >= 11 is 5.59. The van der Waals surface area contributed by atoms with Crippen LogP contribution in [0.15, 0.2) is 0 Å². The van der Waals surface area contributed by atoms with Crippen molar-refractivity contribution in [2.45, 2.75) is 122 Å². The maximum Gasteiger partial charge on any atom is 0.164 e. The highest BCUT2D eigenvalue weighted by molar-refractivity contribution is 7.80. The minimum atomic E-state index is -0.627. The monoisotopic (exact) mass is 429 g/mol. The van der Waals surface area contributed by atoms with E-state index in [1.54, 1.807) is 0 Å². The summed E-state index contributed by atoms with van der Waals surface area (Å²) in [6.45, 7) is 11.4. The zero-order chi connectivity index (χ0) is 21.1. The van der Waals surface area contributed by atoms with E-state index >= 15 is 0 Å². The molecule has 3 heterocycles. The second kappa shape index (κ2) is 9.88. The van der Waals surface area contributed by atoms with Crippen molar-refractivity contribution in [3.63, 3.8) is 0 Å². The molecule has 7 heteroatoms. The highest BCUT2D eigenvalue weighted by atomic mass is 32.1. The molecule has 6 nitrogen and oxygen atoms in total. The van der Waals surface area contributed by atoms with E-state index in [1.165, 1.54) is 32.1 Å². The second-order valence-electron chi connectivity index (χ2n) is 9.39. The lowest BCUT2D eigenvalue weighted by Gasteiger charge is -2.27. The predicted octanol–water partition coefficient (Wildman–Crippen LogP) is 4.09. The average Bonchev–Trinajstić information content (AvgIpc) is 3.25. The molecular formula is C22H39NO5S. The van der Waals surface area contributed by atoms with E-state index < -0.39 is 11.6 Å². The van der Waals surface area contributed by atoms with E-state index in [0.717, 1.165) is 18.0 Å². The number of thiocarbonyl (C=S) groups is 1. The van der Waals surface area contributed by atoms with E-state index in [-0.39, 0.29) is 30.5 Å². The molecule has 1 N–H and O–H groups in total. The van der Waals surface area contributed by atoms with Gasteiger partial charge in [0.05, 0.1) is 17.7 Å². The summed E-state index contributed by atoms with van der Waals surface area (Å²) in [7, 11) is 0. The lowest BCUT2D eigenvalue weighted by molar-refractivity contribution is -0.205. The molecule has 0 amide bonds. The fourth-order valence-electron chi connectivity index (χ4n) is 4.44. The van der Waals surface area contributed by atoms with Crippen molar-refractivity contribution in [3.05, 3.63) is 0 Å². The van der Waals surface area contributed by atoms with Crippen molar-refractivity contribution >= 4 is 17.2 Å². The van der Waals surface area contributed by atoms with Gasteiger partial charge in [-0.1, -0.05) is 51.2 Å². The van der Waals surface area contributed by atoms with Crippen LogP contribution in [0.4, 0.5) is 0 Å². The SMILES string of the molecule is CCCCCCCCNC(=S)C[C@@H]1O[C@H]([C@H]2COC(C)(C)O2)[C@@H]2OC(C)(C)O[C@@H]21. The van der Waals surface area contributed by atoms with Gasteiger partial charge in [0.2, 0.25) is 0 Å². The second-order valence-corrected chi connectivity index (χ2v) is 9.89. The van der Waals surface area contributed by atoms with Crippen molar-refractivity contribution < 1.29 is 23.7 Å². The van der Waals surface area contributed by atoms with Gasteiger partial charge in [-0.25, -0.2) is 0 Å². The number of hydrogen-bond donors (Lipinski definition) is 1. The van der Waals surface area contributed by atoms with Gasteiger partial charge in [-0.2, -0.15) is 0 Å². The molecule has 0 bridgehead atoms. The van der Waals surface area contributed by atoms with Gasteiger partial charge < -0.3 is 29.0 Å². The Hall–Kier alpha value is -0.310. The number of fused-ring (bicyclic) bond motifs is 1. The minimum absolute atomic E-state index is 0.136. The topological polar surface area (TPSA) is 58.2 Å². The summed E-state index contributed by atoms with van der Waals surface area (Å²) in [5, 5.41) is 3.40. The van der Waals surface area contributed by atoms with Gasteiger partial charge in [-0.15, -0.1) is 0 Å². The number of ether oxygens (including phenoxy) is 5. The molecule has 0 unspecified atom stereocenters. The van der Waals surface area contributed by atoms with Gasteiger partial charge in [0.15, 0.2) is 11.6 Å². The quantitative estimate of drug-likeness (QED) is 0.414. The summed E-state index contributed by atoms with van der Waals surface area (Å²) in [5.74, 6) is -1.22. The summed E-state index contributed by atoms with van der Waals surface area (Å²) in [6, 6.07) is 0. The predicted molar refractivity (Wildman–Crippen MR) is 116 cm³/mol. The molecule has 0 spiro atoms. The van der Waals surface area contributed by atoms with Gasteiger partial charge in [-0.3, -0.25) is 0 Å². The van der Waals surface area contributed by atoms with Crippen LogP contribution in [-0.2, 0) is 23.7 Å². The first-order valence-electron chi connectivity index (χ1n) is 11.3. The zero-order valence-corrected chi connectivity index (χ0v) is 19.5. The van der Waals surface area contributed by atoms with Gasteiger partial charge in [-0.05, 0) is 34.1 Å². The number of nitrogens with one attached hydrogen (secondary N) is 1.